The number of aliphatic hydroxyl groups excluding tert-OH is 4. The highest BCUT2D eigenvalue weighted by Gasteiger charge is 2.46. The zero-order valence-corrected chi connectivity index (χ0v) is 22.0. The molecule has 1 aliphatic heterocycles. The minimum absolute atomic E-state index is 0.120. The molecule has 2 rings (SSSR count). The maximum Gasteiger partial charge on any atom is 0.228 e. The molecule has 1 saturated heterocycles. The summed E-state index contributed by atoms with van der Waals surface area (Å²) in [5, 5.41) is 42.6. The summed E-state index contributed by atoms with van der Waals surface area (Å²) < 4.78 is 5.14. The molecule has 2 amide bonds. The lowest BCUT2D eigenvalue weighted by atomic mass is 9.90. The van der Waals surface area contributed by atoms with Crippen molar-refractivity contribution in [3.05, 3.63) is 36.5 Å². The van der Waals surface area contributed by atoms with Crippen LogP contribution in [0, 0.1) is 17.8 Å². The van der Waals surface area contributed by atoms with Crippen LogP contribution in [0.3, 0.4) is 0 Å². The van der Waals surface area contributed by atoms with E-state index in [1.54, 1.807) is 0 Å². The summed E-state index contributed by atoms with van der Waals surface area (Å²) in [4.78, 5) is 23.3. The lowest BCUT2D eigenvalue weighted by Crippen LogP contribution is -2.60. The van der Waals surface area contributed by atoms with Gasteiger partial charge in [-0.25, -0.2) is 0 Å². The van der Waals surface area contributed by atoms with E-state index in [0.717, 1.165) is 6.42 Å². The van der Waals surface area contributed by atoms with E-state index < -0.39 is 42.5 Å². The molecule has 0 aromatic rings. The molecular weight excluding hydrogens is 476 g/mol. The topological polar surface area (TPSA) is 162 Å². The van der Waals surface area contributed by atoms with E-state index in [-0.39, 0.29) is 18.9 Å². The summed E-state index contributed by atoms with van der Waals surface area (Å²) in [6.45, 7) is 2.10. The van der Waals surface area contributed by atoms with Gasteiger partial charge in [0.15, 0.2) is 6.29 Å². The van der Waals surface area contributed by atoms with Gasteiger partial charge in [0, 0.05) is 13.0 Å². The van der Waals surface area contributed by atoms with Gasteiger partial charge in [-0.2, -0.15) is 0 Å². The number of hydrogen-bond acceptors (Lipinski definition) is 7. The molecule has 0 spiro atoms. The first-order valence-corrected chi connectivity index (χ1v) is 13.7. The van der Waals surface area contributed by atoms with Crippen molar-refractivity contribution < 1.29 is 34.8 Å². The number of hydrogen-bond donors (Lipinski definition) is 6. The van der Waals surface area contributed by atoms with E-state index in [4.69, 9.17) is 10.5 Å². The number of nitrogens with one attached hydrogen (secondary N) is 1. The standard InChI is InChI=1S/C28H46N2O7/c1-2-3-4-5-6-9-12-19-17-20(19)15-16-21(31)13-10-7-8-11-14-23(32)30-18-22-25(33)26(34)24(27(29)35)28(36)37-22/h6-7,9-10,15-16,19-22,24-26,28,31,33-34,36H,2-5,8,11-14,17-18H2,1H3,(H2,29,35)(H,30,32)/b9-6-,10-7-,16-15+/t19?,20?,21-,22?,24?,25?,26?,28?/m1/s1. The van der Waals surface area contributed by atoms with Gasteiger partial charge in [0.2, 0.25) is 11.8 Å². The SMILES string of the molecule is CCCCC/C=C\CC1CC1/C=C/[C@H](O)C/C=C\CCCC(=O)NCC1OC(O)C(C(N)=O)C(O)C1O. The maximum absolute atomic E-state index is 12.1. The van der Waals surface area contributed by atoms with Crippen molar-refractivity contribution in [3.8, 4) is 0 Å². The number of aliphatic hydroxyl groups is 4. The van der Waals surface area contributed by atoms with E-state index in [2.05, 4.69) is 30.5 Å². The van der Waals surface area contributed by atoms with E-state index in [1.807, 2.05) is 18.2 Å². The molecular formula is C28H46N2O7. The highest BCUT2D eigenvalue weighted by molar-refractivity contribution is 5.78. The summed E-state index contributed by atoms with van der Waals surface area (Å²) in [7, 11) is 0. The van der Waals surface area contributed by atoms with Gasteiger partial charge in [-0.15, -0.1) is 0 Å². The average Bonchev–Trinajstić information content (AvgIpc) is 3.61. The van der Waals surface area contributed by atoms with Gasteiger partial charge in [-0.1, -0.05) is 56.2 Å². The first-order chi connectivity index (χ1) is 17.7. The van der Waals surface area contributed by atoms with Gasteiger partial charge in [0.05, 0.1) is 12.2 Å². The van der Waals surface area contributed by atoms with Crippen LogP contribution in [-0.2, 0) is 14.3 Å². The minimum Gasteiger partial charge on any atom is -0.389 e. The van der Waals surface area contributed by atoms with Crippen LogP contribution in [0.1, 0.15) is 71.1 Å². The van der Waals surface area contributed by atoms with Gasteiger partial charge < -0.3 is 36.2 Å². The minimum atomic E-state index is -1.65. The summed E-state index contributed by atoms with van der Waals surface area (Å²) in [5.41, 5.74) is 5.10. The van der Waals surface area contributed by atoms with Crippen LogP contribution in [0.2, 0.25) is 0 Å². The predicted octanol–water partition coefficient (Wildman–Crippen LogP) is 1.84. The number of rotatable bonds is 17. The Morgan fingerprint density at radius 1 is 1.05 bits per heavy atom. The number of amides is 2. The highest BCUT2D eigenvalue weighted by atomic mass is 16.6. The number of unbranched alkanes of at least 4 members (excludes halogenated alkanes) is 4. The molecule has 0 aromatic carbocycles. The summed E-state index contributed by atoms with van der Waals surface area (Å²) in [6, 6.07) is 0. The Morgan fingerprint density at radius 3 is 2.51 bits per heavy atom. The lowest BCUT2D eigenvalue weighted by molar-refractivity contribution is -0.256. The molecule has 0 bridgehead atoms. The Labute approximate surface area is 220 Å². The summed E-state index contributed by atoms with van der Waals surface area (Å²) >= 11 is 0. The lowest BCUT2D eigenvalue weighted by Gasteiger charge is -2.39. The van der Waals surface area contributed by atoms with Crippen LogP contribution < -0.4 is 11.1 Å². The first-order valence-electron chi connectivity index (χ1n) is 13.7. The van der Waals surface area contributed by atoms with Crippen molar-refractivity contribution >= 4 is 11.8 Å². The number of nitrogens with two attached hydrogens (primary N) is 1. The number of ether oxygens (including phenoxy) is 1. The van der Waals surface area contributed by atoms with Crippen LogP contribution in [0.15, 0.2) is 36.5 Å². The van der Waals surface area contributed by atoms with Gasteiger partial charge in [0.1, 0.15) is 18.1 Å². The molecule has 8 atom stereocenters. The zero-order chi connectivity index (χ0) is 27.2. The number of primary amides is 1. The van der Waals surface area contributed by atoms with Gasteiger partial charge in [0.25, 0.3) is 0 Å². The second-order valence-electron chi connectivity index (χ2n) is 10.2. The van der Waals surface area contributed by atoms with E-state index >= 15 is 0 Å². The normalized spacial score (nSPS) is 30.8. The molecule has 9 heteroatoms. The Hall–Kier alpha value is -2.04. The third kappa shape index (κ3) is 11.5. The van der Waals surface area contributed by atoms with E-state index in [1.165, 1.54) is 32.1 Å². The highest BCUT2D eigenvalue weighted by Crippen LogP contribution is 2.42. The Bertz CT molecular complexity index is 784. The fourth-order valence-electron chi connectivity index (χ4n) is 4.49. The third-order valence-corrected chi connectivity index (χ3v) is 7.01. The van der Waals surface area contributed by atoms with E-state index in [9.17, 15) is 30.0 Å². The van der Waals surface area contributed by atoms with Gasteiger partial charge in [-0.05, 0) is 56.8 Å². The van der Waals surface area contributed by atoms with Crippen LogP contribution in [0.4, 0.5) is 0 Å². The van der Waals surface area contributed by atoms with Crippen LogP contribution >= 0.6 is 0 Å². The molecule has 7 N–H and O–H groups in total. The van der Waals surface area contributed by atoms with Crippen LogP contribution in [0.5, 0.6) is 0 Å². The van der Waals surface area contributed by atoms with Crippen LogP contribution in [-0.4, -0.2) is 69.5 Å². The second-order valence-corrected chi connectivity index (χ2v) is 10.2. The number of carbonyl (C=O) groups is 2. The van der Waals surface area contributed by atoms with Crippen LogP contribution in [0.25, 0.3) is 0 Å². The molecule has 37 heavy (non-hydrogen) atoms. The molecule has 2 fully saturated rings. The van der Waals surface area contributed by atoms with Gasteiger partial charge in [-0.3, -0.25) is 9.59 Å². The molecule has 0 aromatic heterocycles. The molecule has 2 aliphatic rings. The fourth-order valence-corrected chi connectivity index (χ4v) is 4.49. The molecule has 210 valence electrons. The Balaban J connectivity index is 1.52. The van der Waals surface area contributed by atoms with Crippen molar-refractivity contribution in [2.45, 2.75) is 102 Å². The van der Waals surface area contributed by atoms with Crippen molar-refractivity contribution in [3.63, 3.8) is 0 Å². The predicted molar refractivity (Wildman–Crippen MR) is 141 cm³/mol. The monoisotopic (exact) mass is 522 g/mol. The number of carbonyl (C=O) groups excluding carboxylic acids is 2. The Kier molecular flexibility index (Phi) is 14.1. The Morgan fingerprint density at radius 2 is 1.78 bits per heavy atom. The second kappa shape index (κ2) is 16.7. The summed E-state index contributed by atoms with van der Waals surface area (Å²) in [5.74, 6) is -1.38. The number of allylic oxidation sites excluding steroid dienone is 4. The molecule has 1 aliphatic carbocycles. The largest absolute Gasteiger partial charge is 0.389 e. The van der Waals surface area contributed by atoms with Crippen molar-refractivity contribution in [2.24, 2.45) is 23.5 Å². The van der Waals surface area contributed by atoms with Crippen molar-refractivity contribution in [1.82, 2.24) is 5.32 Å². The molecule has 9 nitrogen and oxygen atoms in total. The van der Waals surface area contributed by atoms with E-state index in [0.29, 0.717) is 31.1 Å². The quantitative estimate of drug-likeness (QED) is 0.125. The molecule has 1 heterocycles. The average molecular weight is 523 g/mol. The summed E-state index contributed by atoms with van der Waals surface area (Å²) in [6.07, 6.45) is 15.6. The molecule has 7 unspecified atom stereocenters. The van der Waals surface area contributed by atoms with Crippen molar-refractivity contribution in [1.29, 1.82) is 0 Å². The molecule has 1 saturated carbocycles. The third-order valence-electron chi connectivity index (χ3n) is 7.01. The maximum atomic E-state index is 12.1. The smallest absolute Gasteiger partial charge is 0.228 e. The van der Waals surface area contributed by atoms with Crippen molar-refractivity contribution in [2.75, 3.05) is 6.54 Å². The fraction of sp³-hybridized carbons (Fsp3) is 0.714. The zero-order valence-electron chi connectivity index (χ0n) is 22.0. The van der Waals surface area contributed by atoms with Gasteiger partial charge >= 0.3 is 0 Å². The first kappa shape index (κ1) is 31.2. The molecule has 0 radical (unpaired) electrons.